The molecule has 0 saturated carbocycles. The molecule has 2 atom stereocenters. The maximum atomic E-state index is 12.4. The Morgan fingerprint density at radius 3 is 2.29 bits per heavy atom. The van der Waals surface area contributed by atoms with Crippen molar-refractivity contribution in [3.8, 4) is 0 Å². The van der Waals surface area contributed by atoms with E-state index in [1.54, 1.807) is 6.92 Å². The minimum absolute atomic E-state index is 0.0740. The first-order valence-corrected chi connectivity index (χ1v) is 8.47. The van der Waals surface area contributed by atoms with Gasteiger partial charge in [-0.05, 0) is 39.5 Å². The van der Waals surface area contributed by atoms with Crippen LogP contribution in [0.2, 0.25) is 0 Å². The summed E-state index contributed by atoms with van der Waals surface area (Å²) in [7, 11) is 0. The third-order valence-electron chi connectivity index (χ3n) is 3.74. The zero-order valence-electron chi connectivity index (χ0n) is 13.3. The van der Waals surface area contributed by atoms with Gasteiger partial charge < -0.3 is 9.47 Å². The van der Waals surface area contributed by atoms with Gasteiger partial charge in [-0.1, -0.05) is 11.8 Å². The second-order valence-corrected chi connectivity index (χ2v) is 8.07. The average molecular weight is 315 g/mol. The Hall–Kier alpha value is -0.750. The van der Waals surface area contributed by atoms with E-state index in [2.05, 4.69) is 0 Å². The molecule has 0 N–H and O–H groups in total. The second kappa shape index (κ2) is 6.57. The number of hydrogen-bond acceptors (Lipinski definition) is 5. The van der Waals surface area contributed by atoms with E-state index in [0.717, 1.165) is 18.6 Å². The van der Waals surface area contributed by atoms with E-state index in [1.807, 2.05) is 25.7 Å². The predicted octanol–water partition coefficient (Wildman–Crippen LogP) is 2.68. The van der Waals surface area contributed by atoms with Crippen LogP contribution in [0.1, 0.15) is 40.5 Å². The fourth-order valence-electron chi connectivity index (χ4n) is 3.01. The summed E-state index contributed by atoms with van der Waals surface area (Å²) in [6.07, 6.45) is 1.53. The molecule has 0 aromatic heterocycles. The van der Waals surface area contributed by atoms with Gasteiger partial charge in [-0.2, -0.15) is 0 Å². The smallest absolute Gasteiger partial charge is 0.410 e. The zero-order valence-corrected chi connectivity index (χ0v) is 14.1. The number of fused-ring (bicyclic) bond motifs is 2. The van der Waals surface area contributed by atoms with Crippen molar-refractivity contribution in [2.24, 2.45) is 5.92 Å². The summed E-state index contributed by atoms with van der Waals surface area (Å²) in [5.41, 5.74) is -0.479. The van der Waals surface area contributed by atoms with E-state index >= 15 is 0 Å². The van der Waals surface area contributed by atoms with Crippen LogP contribution in [-0.2, 0) is 14.3 Å². The van der Waals surface area contributed by atoms with Crippen molar-refractivity contribution in [3.05, 3.63) is 0 Å². The standard InChI is InChI=1S/C15H25NO4S/c1-10(17)21-9-11-5-12-7-19-8-13(6-11)16(12)14(18)20-15(2,3)4/h11-13H,5-9H2,1-4H3. The first kappa shape index (κ1) is 16.6. The van der Waals surface area contributed by atoms with Crippen molar-refractivity contribution in [2.75, 3.05) is 19.0 Å². The van der Waals surface area contributed by atoms with Gasteiger partial charge in [0.2, 0.25) is 0 Å². The lowest BCUT2D eigenvalue weighted by molar-refractivity contribution is -0.109. The number of morpholine rings is 1. The summed E-state index contributed by atoms with van der Waals surface area (Å²) in [6.45, 7) is 8.38. The Balaban J connectivity index is 1.99. The number of piperidine rings is 1. The van der Waals surface area contributed by atoms with Gasteiger partial charge in [0, 0.05) is 12.7 Å². The third kappa shape index (κ3) is 4.61. The second-order valence-electron chi connectivity index (χ2n) is 6.87. The highest BCUT2D eigenvalue weighted by Gasteiger charge is 2.43. The van der Waals surface area contributed by atoms with Gasteiger partial charge in [-0.15, -0.1) is 0 Å². The van der Waals surface area contributed by atoms with Gasteiger partial charge in [-0.25, -0.2) is 4.79 Å². The Bertz CT molecular complexity index is 393. The van der Waals surface area contributed by atoms with Gasteiger partial charge in [0.05, 0.1) is 25.3 Å². The number of rotatable bonds is 2. The molecule has 2 aliphatic rings. The van der Waals surface area contributed by atoms with Crippen LogP contribution in [0.25, 0.3) is 0 Å². The molecule has 2 saturated heterocycles. The van der Waals surface area contributed by atoms with Crippen LogP contribution >= 0.6 is 11.8 Å². The third-order valence-corrected chi connectivity index (χ3v) is 4.79. The molecule has 5 nitrogen and oxygen atoms in total. The Morgan fingerprint density at radius 2 is 1.81 bits per heavy atom. The summed E-state index contributed by atoms with van der Waals surface area (Å²) in [5.74, 6) is 1.31. The van der Waals surface area contributed by atoms with Gasteiger partial charge in [0.25, 0.3) is 0 Å². The predicted molar refractivity (Wildman–Crippen MR) is 82.3 cm³/mol. The molecule has 0 radical (unpaired) electrons. The van der Waals surface area contributed by atoms with Crippen LogP contribution < -0.4 is 0 Å². The molecule has 0 aliphatic carbocycles. The van der Waals surface area contributed by atoms with Gasteiger partial charge >= 0.3 is 6.09 Å². The highest BCUT2D eigenvalue weighted by molar-refractivity contribution is 8.13. The number of hydrogen-bond donors (Lipinski definition) is 0. The fourth-order valence-corrected chi connectivity index (χ4v) is 3.75. The van der Waals surface area contributed by atoms with E-state index in [9.17, 15) is 9.59 Å². The molecular formula is C15H25NO4S. The van der Waals surface area contributed by atoms with E-state index < -0.39 is 5.60 Å². The van der Waals surface area contributed by atoms with Crippen LogP contribution in [0.3, 0.4) is 0 Å². The SMILES string of the molecule is CC(=O)SCC1CC2COCC(C1)N2C(=O)OC(C)(C)C. The monoisotopic (exact) mass is 315 g/mol. The molecule has 2 heterocycles. The Morgan fingerprint density at radius 1 is 1.24 bits per heavy atom. The van der Waals surface area contributed by atoms with Crippen LogP contribution in [-0.4, -0.2) is 52.8 Å². The van der Waals surface area contributed by atoms with Crippen LogP contribution in [0.4, 0.5) is 4.79 Å². The highest BCUT2D eigenvalue weighted by Crippen LogP contribution is 2.34. The van der Waals surface area contributed by atoms with Crippen molar-refractivity contribution in [2.45, 2.75) is 58.2 Å². The minimum atomic E-state index is -0.479. The van der Waals surface area contributed by atoms with Crippen LogP contribution in [0, 0.1) is 5.92 Å². The molecule has 21 heavy (non-hydrogen) atoms. The summed E-state index contributed by atoms with van der Waals surface area (Å²) in [6, 6.07) is 0.148. The number of ether oxygens (including phenoxy) is 2. The summed E-state index contributed by atoms with van der Waals surface area (Å²) in [4.78, 5) is 25.4. The zero-order chi connectivity index (χ0) is 15.6. The Kier molecular flexibility index (Phi) is 5.20. The van der Waals surface area contributed by atoms with Gasteiger partial charge in [-0.3, -0.25) is 9.69 Å². The first-order chi connectivity index (χ1) is 9.76. The normalized spacial score (nSPS) is 29.1. The van der Waals surface area contributed by atoms with Gasteiger partial charge in [0.1, 0.15) is 5.60 Å². The first-order valence-electron chi connectivity index (χ1n) is 7.48. The molecule has 0 spiro atoms. The lowest BCUT2D eigenvalue weighted by atomic mass is 9.86. The summed E-state index contributed by atoms with van der Waals surface area (Å²) in [5, 5.41) is 0.158. The fraction of sp³-hybridized carbons (Fsp3) is 0.867. The molecular weight excluding hydrogens is 290 g/mol. The number of carbonyl (C=O) groups excluding carboxylic acids is 2. The maximum absolute atomic E-state index is 12.4. The molecule has 2 bridgehead atoms. The number of carbonyl (C=O) groups is 2. The van der Waals surface area contributed by atoms with Crippen molar-refractivity contribution in [1.82, 2.24) is 4.90 Å². The van der Waals surface area contributed by atoms with Gasteiger partial charge in [0.15, 0.2) is 5.12 Å². The van der Waals surface area contributed by atoms with E-state index in [-0.39, 0.29) is 23.3 Å². The largest absolute Gasteiger partial charge is 0.444 e. The summed E-state index contributed by atoms with van der Waals surface area (Å²) >= 11 is 1.38. The Labute approximate surface area is 130 Å². The molecule has 2 fully saturated rings. The van der Waals surface area contributed by atoms with E-state index in [4.69, 9.17) is 9.47 Å². The van der Waals surface area contributed by atoms with Crippen molar-refractivity contribution in [1.29, 1.82) is 0 Å². The quantitative estimate of drug-likeness (QED) is 0.784. The number of thioether (sulfide) groups is 1. The molecule has 6 heteroatoms. The minimum Gasteiger partial charge on any atom is -0.444 e. The molecule has 0 aromatic rings. The summed E-state index contributed by atoms with van der Waals surface area (Å²) < 4.78 is 11.1. The maximum Gasteiger partial charge on any atom is 0.410 e. The molecule has 2 unspecified atom stereocenters. The van der Waals surface area contributed by atoms with Crippen molar-refractivity contribution < 1.29 is 19.1 Å². The van der Waals surface area contributed by atoms with E-state index in [1.165, 1.54) is 11.8 Å². The van der Waals surface area contributed by atoms with Crippen LogP contribution in [0.5, 0.6) is 0 Å². The average Bonchev–Trinajstić information content (AvgIpc) is 2.32. The lowest BCUT2D eigenvalue weighted by Gasteiger charge is -2.48. The number of amides is 1. The molecule has 120 valence electrons. The molecule has 2 aliphatic heterocycles. The molecule has 1 amide bonds. The highest BCUT2D eigenvalue weighted by atomic mass is 32.2. The van der Waals surface area contributed by atoms with Crippen LogP contribution in [0.15, 0.2) is 0 Å². The van der Waals surface area contributed by atoms with Crippen molar-refractivity contribution in [3.63, 3.8) is 0 Å². The van der Waals surface area contributed by atoms with Crippen molar-refractivity contribution >= 4 is 23.0 Å². The van der Waals surface area contributed by atoms with E-state index in [0.29, 0.717) is 19.1 Å². The molecule has 0 aromatic carbocycles. The lowest BCUT2D eigenvalue weighted by Crippen LogP contribution is -2.60. The topological polar surface area (TPSA) is 55.8 Å². The molecule has 2 rings (SSSR count). The number of nitrogens with zero attached hydrogens (tertiary/aromatic N) is 1.